The van der Waals surface area contributed by atoms with E-state index in [9.17, 15) is 0 Å². The molecule has 0 spiro atoms. The first-order valence-electron chi connectivity index (χ1n) is 9.93. The normalized spacial score (nSPS) is 11.9. The lowest BCUT2D eigenvalue weighted by atomic mass is 10.0. The van der Waals surface area contributed by atoms with E-state index in [2.05, 4.69) is 107 Å². The van der Waals surface area contributed by atoms with Crippen LogP contribution in [0.2, 0.25) is 0 Å². The molecule has 3 rings (SSSR count). The number of hydrogen-bond acceptors (Lipinski definition) is 3. The smallest absolute Gasteiger partial charge is 0.0667 e. The van der Waals surface area contributed by atoms with Crippen LogP contribution < -0.4 is 10.6 Å². The number of benzene rings is 3. The first-order valence-corrected chi connectivity index (χ1v) is 10.7. The molecule has 0 aliphatic carbocycles. The SMILES string of the molecule is COCC(Cc1ccc(C)cc1)Nc1cc(Br)ccc1NCc1ccc(C)cc1. The van der Waals surface area contributed by atoms with Gasteiger partial charge in [-0.15, -0.1) is 0 Å². The van der Waals surface area contributed by atoms with Crippen LogP contribution in [0.3, 0.4) is 0 Å². The number of aryl methyl sites for hydroxylation is 2. The van der Waals surface area contributed by atoms with E-state index in [0.717, 1.165) is 28.8 Å². The van der Waals surface area contributed by atoms with E-state index in [1.54, 1.807) is 7.11 Å². The molecule has 29 heavy (non-hydrogen) atoms. The molecule has 0 bridgehead atoms. The lowest BCUT2D eigenvalue weighted by molar-refractivity contribution is 0.185. The lowest BCUT2D eigenvalue weighted by Crippen LogP contribution is -2.28. The first kappa shape index (κ1) is 21.4. The highest BCUT2D eigenvalue weighted by Gasteiger charge is 2.13. The van der Waals surface area contributed by atoms with Crippen LogP contribution in [0, 0.1) is 13.8 Å². The van der Waals surface area contributed by atoms with Gasteiger partial charge in [-0.25, -0.2) is 0 Å². The van der Waals surface area contributed by atoms with Crippen molar-refractivity contribution in [2.45, 2.75) is 32.9 Å². The van der Waals surface area contributed by atoms with E-state index in [-0.39, 0.29) is 6.04 Å². The molecular formula is C25H29BrN2O. The first-order chi connectivity index (χ1) is 14.0. The van der Waals surface area contributed by atoms with E-state index in [4.69, 9.17) is 4.74 Å². The van der Waals surface area contributed by atoms with Crippen LogP contribution in [-0.2, 0) is 17.7 Å². The molecular weight excluding hydrogens is 424 g/mol. The third-order valence-corrected chi connectivity index (χ3v) is 5.41. The highest BCUT2D eigenvalue weighted by atomic mass is 79.9. The van der Waals surface area contributed by atoms with Gasteiger partial charge in [0.1, 0.15) is 0 Å². The van der Waals surface area contributed by atoms with Crippen molar-refractivity contribution in [1.29, 1.82) is 0 Å². The Morgan fingerprint density at radius 1 is 0.828 bits per heavy atom. The summed E-state index contributed by atoms with van der Waals surface area (Å²) in [5.74, 6) is 0. The Labute approximate surface area is 182 Å². The Hall–Kier alpha value is -2.30. The van der Waals surface area contributed by atoms with Crippen molar-refractivity contribution in [2.24, 2.45) is 0 Å². The molecule has 3 aromatic carbocycles. The van der Waals surface area contributed by atoms with Crippen LogP contribution in [0.4, 0.5) is 11.4 Å². The second-order valence-corrected chi connectivity index (χ2v) is 8.43. The monoisotopic (exact) mass is 452 g/mol. The third-order valence-electron chi connectivity index (χ3n) is 4.92. The highest BCUT2D eigenvalue weighted by molar-refractivity contribution is 9.10. The minimum atomic E-state index is 0.178. The van der Waals surface area contributed by atoms with Crippen LogP contribution in [0.25, 0.3) is 0 Å². The summed E-state index contributed by atoms with van der Waals surface area (Å²) in [6.45, 7) is 5.64. The minimum Gasteiger partial charge on any atom is -0.383 e. The molecule has 0 amide bonds. The van der Waals surface area contributed by atoms with Crippen molar-refractivity contribution >= 4 is 27.3 Å². The molecule has 0 saturated carbocycles. The number of nitrogens with one attached hydrogen (secondary N) is 2. The van der Waals surface area contributed by atoms with Crippen molar-refractivity contribution in [3.8, 4) is 0 Å². The van der Waals surface area contributed by atoms with Gasteiger partial charge in [0.2, 0.25) is 0 Å². The number of rotatable bonds is 9. The molecule has 0 radical (unpaired) electrons. The Morgan fingerprint density at radius 3 is 2.07 bits per heavy atom. The van der Waals surface area contributed by atoms with Gasteiger partial charge in [0, 0.05) is 18.1 Å². The van der Waals surface area contributed by atoms with Crippen LogP contribution in [0.1, 0.15) is 22.3 Å². The van der Waals surface area contributed by atoms with Crippen molar-refractivity contribution < 1.29 is 4.74 Å². The van der Waals surface area contributed by atoms with Gasteiger partial charge in [0.15, 0.2) is 0 Å². The summed E-state index contributed by atoms with van der Waals surface area (Å²) in [6.07, 6.45) is 0.901. The predicted molar refractivity (Wildman–Crippen MR) is 127 cm³/mol. The van der Waals surface area contributed by atoms with Gasteiger partial charge in [-0.2, -0.15) is 0 Å². The van der Waals surface area contributed by atoms with E-state index >= 15 is 0 Å². The van der Waals surface area contributed by atoms with Crippen LogP contribution in [0.5, 0.6) is 0 Å². The maximum atomic E-state index is 5.49. The Balaban J connectivity index is 1.73. The van der Waals surface area contributed by atoms with Gasteiger partial charge in [-0.05, 0) is 49.6 Å². The fourth-order valence-corrected chi connectivity index (χ4v) is 3.64. The molecule has 2 N–H and O–H groups in total. The average molecular weight is 453 g/mol. The lowest BCUT2D eigenvalue weighted by Gasteiger charge is -2.22. The number of anilines is 2. The highest BCUT2D eigenvalue weighted by Crippen LogP contribution is 2.28. The van der Waals surface area contributed by atoms with Crippen molar-refractivity contribution in [2.75, 3.05) is 24.4 Å². The maximum absolute atomic E-state index is 5.49. The van der Waals surface area contributed by atoms with Crippen molar-refractivity contribution in [1.82, 2.24) is 0 Å². The summed E-state index contributed by atoms with van der Waals surface area (Å²) in [7, 11) is 1.75. The molecule has 1 unspecified atom stereocenters. The van der Waals surface area contributed by atoms with Crippen LogP contribution in [0.15, 0.2) is 71.2 Å². The molecule has 3 aromatic rings. The summed E-state index contributed by atoms with van der Waals surface area (Å²) in [6, 6.07) is 23.8. The fraction of sp³-hybridized carbons (Fsp3) is 0.280. The van der Waals surface area contributed by atoms with Gasteiger partial charge in [0.05, 0.1) is 24.0 Å². The van der Waals surface area contributed by atoms with Gasteiger partial charge in [-0.1, -0.05) is 75.6 Å². The number of ether oxygens (including phenoxy) is 1. The Morgan fingerprint density at radius 2 is 1.45 bits per heavy atom. The van der Waals surface area contributed by atoms with Gasteiger partial charge < -0.3 is 15.4 Å². The summed E-state index contributed by atoms with van der Waals surface area (Å²) in [5, 5.41) is 7.25. The molecule has 4 heteroatoms. The zero-order valence-electron chi connectivity index (χ0n) is 17.3. The zero-order chi connectivity index (χ0) is 20.6. The second-order valence-electron chi connectivity index (χ2n) is 7.52. The van der Waals surface area contributed by atoms with E-state index in [1.807, 2.05) is 0 Å². The molecule has 1 atom stereocenters. The molecule has 0 fully saturated rings. The number of halogens is 1. The van der Waals surface area contributed by atoms with E-state index in [1.165, 1.54) is 22.3 Å². The van der Waals surface area contributed by atoms with Crippen molar-refractivity contribution in [3.05, 3.63) is 93.5 Å². The predicted octanol–water partition coefficient (Wildman–Crippen LogP) is 6.35. The number of methoxy groups -OCH3 is 1. The number of hydrogen-bond donors (Lipinski definition) is 2. The van der Waals surface area contributed by atoms with Gasteiger partial charge in [-0.3, -0.25) is 0 Å². The summed E-state index contributed by atoms with van der Waals surface area (Å²) in [4.78, 5) is 0. The summed E-state index contributed by atoms with van der Waals surface area (Å²) < 4.78 is 6.54. The molecule has 0 aliphatic rings. The quantitative estimate of drug-likeness (QED) is 0.396. The van der Waals surface area contributed by atoms with Gasteiger partial charge in [0.25, 0.3) is 0 Å². The Bertz CT molecular complexity index is 907. The van der Waals surface area contributed by atoms with E-state index in [0.29, 0.717) is 6.61 Å². The largest absolute Gasteiger partial charge is 0.383 e. The molecule has 152 valence electrons. The zero-order valence-corrected chi connectivity index (χ0v) is 18.9. The second kappa shape index (κ2) is 10.5. The molecule has 0 heterocycles. The minimum absolute atomic E-state index is 0.178. The Kier molecular flexibility index (Phi) is 7.73. The van der Waals surface area contributed by atoms with Crippen molar-refractivity contribution in [3.63, 3.8) is 0 Å². The van der Waals surface area contributed by atoms with Crippen LogP contribution >= 0.6 is 15.9 Å². The maximum Gasteiger partial charge on any atom is 0.0667 e. The molecule has 0 saturated heterocycles. The van der Waals surface area contributed by atoms with Crippen LogP contribution in [-0.4, -0.2) is 19.8 Å². The summed E-state index contributed by atoms with van der Waals surface area (Å²) >= 11 is 3.60. The standard InChI is InChI=1S/C25H29BrN2O/c1-18-4-8-20(9-5-18)14-23(17-29-3)28-25-15-22(26)12-13-24(25)27-16-21-10-6-19(2)7-11-21/h4-13,15,23,27-28H,14,16-17H2,1-3H3. The molecule has 0 aromatic heterocycles. The average Bonchev–Trinajstić information content (AvgIpc) is 2.70. The fourth-order valence-electron chi connectivity index (χ4n) is 3.27. The summed E-state index contributed by atoms with van der Waals surface area (Å²) in [5.41, 5.74) is 7.27. The van der Waals surface area contributed by atoms with Gasteiger partial charge >= 0.3 is 0 Å². The molecule has 0 aliphatic heterocycles. The third kappa shape index (κ3) is 6.62. The molecule has 3 nitrogen and oxygen atoms in total. The topological polar surface area (TPSA) is 33.3 Å². The van der Waals surface area contributed by atoms with E-state index < -0.39 is 0 Å².